The van der Waals surface area contributed by atoms with E-state index in [1.165, 1.54) is 38.5 Å². The number of fused-ring (bicyclic) bond motifs is 1. The third-order valence-corrected chi connectivity index (χ3v) is 4.84. The van der Waals surface area contributed by atoms with Crippen molar-refractivity contribution in [3.63, 3.8) is 0 Å². The maximum absolute atomic E-state index is 5.87. The number of pyridine rings is 1. The fraction of sp³-hybridized carbons (Fsp3) is 0.600. The average molecular weight is 275 g/mol. The van der Waals surface area contributed by atoms with E-state index >= 15 is 0 Å². The van der Waals surface area contributed by atoms with Gasteiger partial charge in [0.2, 0.25) is 0 Å². The molecule has 0 aromatic carbocycles. The fourth-order valence-corrected chi connectivity index (χ4v) is 3.92. The number of hydrogen-bond acceptors (Lipinski definition) is 3. The Morgan fingerprint density at radius 3 is 2.89 bits per heavy atom. The van der Waals surface area contributed by atoms with E-state index < -0.39 is 0 Å². The lowest BCUT2D eigenvalue weighted by atomic mass is 9.78. The van der Waals surface area contributed by atoms with Crippen LogP contribution in [0.1, 0.15) is 44.1 Å². The summed E-state index contributed by atoms with van der Waals surface area (Å²) in [4.78, 5) is 7.29. The molecular formula is C15H21N3S. The summed E-state index contributed by atoms with van der Waals surface area (Å²) < 4.78 is 0. The summed E-state index contributed by atoms with van der Waals surface area (Å²) in [6, 6.07) is 2.61. The Morgan fingerprint density at radius 2 is 2.05 bits per heavy atom. The molecular weight excluding hydrogens is 254 g/mol. The van der Waals surface area contributed by atoms with E-state index in [0.717, 1.165) is 23.7 Å². The third kappa shape index (κ3) is 2.46. The Labute approximate surface area is 120 Å². The first kappa shape index (κ1) is 12.9. The summed E-state index contributed by atoms with van der Waals surface area (Å²) in [5.74, 6) is 0.849. The van der Waals surface area contributed by atoms with Crippen LogP contribution in [0, 0.1) is 5.92 Å². The number of hydrogen-bond donors (Lipinski definition) is 1. The Bertz CT molecular complexity index is 472. The Kier molecular flexibility index (Phi) is 3.69. The minimum Gasteiger partial charge on any atom is -0.389 e. The van der Waals surface area contributed by atoms with Crippen molar-refractivity contribution in [3.8, 4) is 0 Å². The first-order chi connectivity index (χ1) is 9.27. The van der Waals surface area contributed by atoms with Crippen molar-refractivity contribution in [1.82, 2.24) is 4.98 Å². The van der Waals surface area contributed by atoms with Gasteiger partial charge in [0.05, 0.1) is 11.9 Å². The predicted molar refractivity (Wildman–Crippen MR) is 82.5 cm³/mol. The monoisotopic (exact) mass is 275 g/mol. The second kappa shape index (κ2) is 5.45. The standard InChI is InChI=1S/C15H21N3S/c16-15(19)12-7-8-17-10-14(12)18-9-3-5-11-4-1-2-6-13(11)18/h7-8,10-11,13H,1-6,9H2,(H2,16,19)/t11-,13-/m1/s1. The molecule has 2 N–H and O–H groups in total. The van der Waals surface area contributed by atoms with Crippen molar-refractivity contribution in [2.75, 3.05) is 11.4 Å². The van der Waals surface area contributed by atoms with E-state index in [1.54, 1.807) is 6.20 Å². The van der Waals surface area contributed by atoms with Crippen LogP contribution < -0.4 is 10.6 Å². The van der Waals surface area contributed by atoms with Gasteiger partial charge in [-0.05, 0) is 37.7 Å². The normalized spacial score (nSPS) is 26.8. The van der Waals surface area contributed by atoms with Crippen molar-refractivity contribution in [3.05, 3.63) is 24.0 Å². The highest BCUT2D eigenvalue weighted by molar-refractivity contribution is 7.80. The summed E-state index contributed by atoms with van der Waals surface area (Å²) in [5, 5.41) is 0. The number of piperidine rings is 1. The Hall–Kier alpha value is -1.16. The molecule has 1 aliphatic carbocycles. The lowest BCUT2D eigenvalue weighted by Crippen LogP contribution is -2.47. The zero-order chi connectivity index (χ0) is 13.2. The van der Waals surface area contributed by atoms with Gasteiger partial charge in [0, 0.05) is 24.3 Å². The van der Waals surface area contributed by atoms with E-state index in [0.29, 0.717) is 11.0 Å². The zero-order valence-corrected chi connectivity index (χ0v) is 12.0. The highest BCUT2D eigenvalue weighted by Gasteiger charge is 2.34. The highest BCUT2D eigenvalue weighted by Crippen LogP contribution is 2.38. The summed E-state index contributed by atoms with van der Waals surface area (Å²) in [6.45, 7) is 1.11. The molecule has 0 amide bonds. The molecule has 1 aromatic rings. The quantitative estimate of drug-likeness (QED) is 0.843. The van der Waals surface area contributed by atoms with Crippen LogP contribution in [0.2, 0.25) is 0 Å². The van der Waals surface area contributed by atoms with Crippen LogP contribution in [0.25, 0.3) is 0 Å². The number of thiocarbonyl (C=S) groups is 1. The van der Waals surface area contributed by atoms with Crippen molar-refractivity contribution < 1.29 is 0 Å². The van der Waals surface area contributed by atoms with Crippen LogP contribution in [-0.2, 0) is 0 Å². The molecule has 0 spiro atoms. The van der Waals surface area contributed by atoms with Gasteiger partial charge >= 0.3 is 0 Å². The topological polar surface area (TPSA) is 42.1 Å². The molecule has 3 nitrogen and oxygen atoms in total. The molecule has 3 rings (SSSR count). The first-order valence-corrected chi connectivity index (χ1v) is 7.68. The van der Waals surface area contributed by atoms with Crippen molar-refractivity contribution in [2.45, 2.75) is 44.6 Å². The summed E-state index contributed by atoms with van der Waals surface area (Å²) >= 11 is 5.19. The van der Waals surface area contributed by atoms with Crippen molar-refractivity contribution >= 4 is 22.9 Å². The molecule has 0 bridgehead atoms. The number of nitrogens with two attached hydrogens (primary N) is 1. The number of nitrogens with zero attached hydrogens (tertiary/aromatic N) is 2. The molecule has 1 saturated carbocycles. The van der Waals surface area contributed by atoms with Crippen LogP contribution in [0.15, 0.2) is 18.5 Å². The van der Waals surface area contributed by atoms with Gasteiger partial charge in [0.25, 0.3) is 0 Å². The highest BCUT2D eigenvalue weighted by atomic mass is 32.1. The summed E-state index contributed by atoms with van der Waals surface area (Å²) in [6.07, 6.45) is 11.8. The molecule has 2 atom stereocenters. The van der Waals surface area contributed by atoms with E-state index in [-0.39, 0.29) is 0 Å². The predicted octanol–water partition coefficient (Wildman–Crippen LogP) is 2.87. The van der Waals surface area contributed by atoms with Gasteiger partial charge in [-0.2, -0.15) is 0 Å². The molecule has 1 saturated heterocycles. The van der Waals surface area contributed by atoms with Crippen LogP contribution in [-0.4, -0.2) is 22.6 Å². The van der Waals surface area contributed by atoms with Crippen LogP contribution in [0.3, 0.4) is 0 Å². The van der Waals surface area contributed by atoms with Gasteiger partial charge in [0.1, 0.15) is 4.99 Å². The lowest BCUT2D eigenvalue weighted by molar-refractivity contribution is 0.243. The minimum atomic E-state index is 0.482. The Balaban J connectivity index is 1.94. The van der Waals surface area contributed by atoms with Gasteiger partial charge in [-0.3, -0.25) is 4.98 Å². The number of aromatic nitrogens is 1. The number of anilines is 1. The smallest absolute Gasteiger partial charge is 0.106 e. The molecule has 19 heavy (non-hydrogen) atoms. The van der Waals surface area contributed by atoms with Gasteiger partial charge in [-0.1, -0.05) is 25.1 Å². The third-order valence-electron chi connectivity index (χ3n) is 4.62. The summed E-state index contributed by atoms with van der Waals surface area (Å²) in [7, 11) is 0. The fourth-order valence-electron chi connectivity index (χ4n) is 3.75. The second-order valence-corrected chi connectivity index (χ2v) is 6.14. The van der Waals surface area contributed by atoms with Crippen molar-refractivity contribution in [1.29, 1.82) is 0 Å². The summed E-state index contributed by atoms with van der Waals surface area (Å²) in [5.41, 5.74) is 7.99. The van der Waals surface area contributed by atoms with Gasteiger partial charge in [0.15, 0.2) is 0 Å². The van der Waals surface area contributed by atoms with E-state index in [1.807, 2.05) is 12.3 Å². The molecule has 2 fully saturated rings. The maximum atomic E-state index is 5.87. The van der Waals surface area contributed by atoms with Crippen LogP contribution in [0.4, 0.5) is 5.69 Å². The average Bonchev–Trinajstić information content (AvgIpc) is 2.46. The largest absolute Gasteiger partial charge is 0.389 e. The van der Waals surface area contributed by atoms with Gasteiger partial charge in [-0.15, -0.1) is 0 Å². The molecule has 0 unspecified atom stereocenters. The van der Waals surface area contributed by atoms with Crippen molar-refractivity contribution in [2.24, 2.45) is 11.7 Å². The first-order valence-electron chi connectivity index (χ1n) is 7.28. The van der Waals surface area contributed by atoms with E-state index in [9.17, 15) is 0 Å². The van der Waals surface area contributed by atoms with Gasteiger partial charge < -0.3 is 10.6 Å². The number of rotatable bonds is 2. The van der Waals surface area contributed by atoms with E-state index in [2.05, 4.69) is 9.88 Å². The molecule has 2 heterocycles. The molecule has 102 valence electrons. The van der Waals surface area contributed by atoms with E-state index in [4.69, 9.17) is 18.0 Å². The van der Waals surface area contributed by atoms with Crippen LogP contribution >= 0.6 is 12.2 Å². The van der Waals surface area contributed by atoms with Crippen LogP contribution in [0.5, 0.6) is 0 Å². The molecule has 1 aliphatic heterocycles. The van der Waals surface area contributed by atoms with Gasteiger partial charge in [-0.25, -0.2) is 0 Å². The molecule has 1 aromatic heterocycles. The second-order valence-electron chi connectivity index (χ2n) is 5.70. The maximum Gasteiger partial charge on any atom is 0.106 e. The minimum absolute atomic E-state index is 0.482. The molecule has 4 heteroatoms. The zero-order valence-electron chi connectivity index (χ0n) is 11.2. The SMILES string of the molecule is NC(=S)c1ccncc1N1CCC[C@H]2CCCC[C@H]21. The Morgan fingerprint density at radius 1 is 1.26 bits per heavy atom. The molecule has 2 aliphatic rings. The lowest BCUT2D eigenvalue weighted by Gasteiger charge is -2.45. The molecule has 0 radical (unpaired) electrons.